The quantitative estimate of drug-likeness (QED) is 0.185. The SMILES string of the molecule is c1ccc(-c2nc(-c3ccccc3)nc(-c3c(-c4ccc5c(c4)oc4ccccc45)cccc3-c3ccc4sc5ccccc5c4c3)n2)cc1. The van der Waals surface area contributed by atoms with Crippen molar-refractivity contribution in [1.29, 1.82) is 0 Å². The van der Waals surface area contributed by atoms with Crippen molar-refractivity contribution < 1.29 is 4.42 Å². The highest BCUT2D eigenvalue weighted by atomic mass is 32.1. The van der Waals surface area contributed by atoms with Crippen molar-refractivity contribution in [2.45, 2.75) is 0 Å². The molecule has 0 atom stereocenters. The minimum atomic E-state index is 0.614. The van der Waals surface area contributed by atoms with Crippen molar-refractivity contribution in [3.05, 3.63) is 164 Å². The summed E-state index contributed by atoms with van der Waals surface area (Å²) in [5.74, 6) is 1.87. The van der Waals surface area contributed by atoms with Gasteiger partial charge in [-0.05, 0) is 58.7 Å². The number of para-hydroxylation sites is 1. The Bertz CT molecular complexity index is 2820. The van der Waals surface area contributed by atoms with Crippen molar-refractivity contribution >= 4 is 53.4 Å². The Morgan fingerprint density at radius 1 is 0.360 bits per heavy atom. The van der Waals surface area contributed by atoms with Crippen LogP contribution in [-0.2, 0) is 0 Å². The first-order chi connectivity index (χ1) is 24.8. The fourth-order valence-corrected chi connectivity index (χ4v) is 8.07. The van der Waals surface area contributed by atoms with Crippen LogP contribution >= 0.6 is 11.3 Å². The van der Waals surface area contributed by atoms with Crippen molar-refractivity contribution in [2.24, 2.45) is 0 Å². The summed E-state index contributed by atoms with van der Waals surface area (Å²) in [7, 11) is 0. The van der Waals surface area contributed by atoms with Gasteiger partial charge in [-0.2, -0.15) is 0 Å². The van der Waals surface area contributed by atoms with Gasteiger partial charge in [0.25, 0.3) is 0 Å². The molecule has 0 aliphatic carbocycles. The maximum atomic E-state index is 6.37. The third-order valence-electron chi connectivity index (χ3n) is 9.36. The zero-order valence-corrected chi connectivity index (χ0v) is 27.6. The van der Waals surface area contributed by atoms with E-state index >= 15 is 0 Å². The molecule has 50 heavy (non-hydrogen) atoms. The molecule has 3 heterocycles. The molecular weight excluding hydrogens is 631 g/mol. The fourth-order valence-electron chi connectivity index (χ4n) is 6.98. The summed E-state index contributed by atoms with van der Waals surface area (Å²) in [5.41, 5.74) is 8.73. The van der Waals surface area contributed by atoms with Gasteiger partial charge in [0.2, 0.25) is 0 Å². The van der Waals surface area contributed by atoms with E-state index in [-0.39, 0.29) is 0 Å². The highest BCUT2D eigenvalue weighted by Crippen LogP contribution is 2.43. The van der Waals surface area contributed by atoms with Gasteiger partial charge in [-0.25, -0.2) is 15.0 Å². The Labute approximate surface area is 292 Å². The molecule has 5 heteroatoms. The molecule has 3 aromatic heterocycles. The van der Waals surface area contributed by atoms with Gasteiger partial charge in [0.15, 0.2) is 17.5 Å². The molecule has 0 saturated heterocycles. The lowest BCUT2D eigenvalue weighted by Crippen LogP contribution is -2.02. The first kappa shape index (κ1) is 28.6. The Morgan fingerprint density at radius 2 is 0.920 bits per heavy atom. The summed E-state index contributed by atoms with van der Waals surface area (Å²) in [4.78, 5) is 15.5. The molecule has 10 rings (SSSR count). The number of hydrogen-bond donors (Lipinski definition) is 0. The van der Waals surface area contributed by atoms with Crippen LogP contribution < -0.4 is 0 Å². The molecule has 7 aromatic carbocycles. The zero-order valence-electron chi connectivity index (χ0n) is 26.7. The number of benzene rings is 7. The molecule has 0 fully saturated rings. The number of hydrogen-bond acceptors (Lipinski definition) is 5. The second kappa shape index (κ2) is 11.6. The van der Waals surface area contributed by atoms with E-state index in [9.17, 15) is 0 Å². The topological polar surface area (TPSA) is 51.8 Å². The highest BCUT2D eigenvalue weighted by molar-refractivity contribution is 7.25. The number of rotatable bonds is 5. The maximum Gasteiger partial charge on any atom is 0.165 e. The van der Waals surface area contributed by atoms with Crippen molar-refractivity contribution in [3.63, 3.8) is 0 Å². The van der Waals surface area contributed by atoms with E-state index in [2.05, 4.69) is 91.0 Å². The molecule has 0 unspecified atom stereocenters. The van der Waals surface area contributed by atoms with Crippen molar-refractivity contribution in [3.8, 4) is 56.4 Å². The van der Waals surface area contributed by atoms with Gasteiger partial charge >= 0.3 is 0 Å². The average Bonchev–Trinajstić information content (AvgIpc) is 3.76. The maximum absolute atomic E-state index is 6.37. The average molecular weight is 658 g/mol. The first-order valence-electron chi connectivity index (χ1n) is 16.6. The highest BCUT2D eigenvalue weighted by Gasteiger charge is 2.21. The van der Waals surface area contributed by atoms with Crippen LogP contribution in [0.3, 0.4) is 0 Å². The number of furan rings is 1. The molecule has 234 valence electrons. The van der Waals surface area contributed by atoms with Crippen molar-refractivity contribution in [2.75, 3.05) is 0 Å². The predicted molar refractivity (Wildman–Crippen MR) is 207 cm³/mol. The van der Waals surface area contributed by atoms with E-state index in [0.717, 1.165) is 60.9 Å². The van der Waals surface area contributed by atoms with Crippen LogP contribution in [0.2, 0.25) is 0 Å². The standard InChI is InChI=1S/C45H27N3OS/c1-3-12-28(13-4-1)43-46-44(29-14-5-2-6-15-29)48-45(47-43)42-32(30-23-25-41-37(26-30)36-17-8-10-21-40(36)50-41)18-11-19-33(42)31-22-24-35-34-16-7-9-20-38(34)49-39(35)27-31/h1-27H. The molecule has 0 bridgehead atoms. The lowest BCUT2D eigenvalue weighted by Gasteiger charge is -2.17. The molecule has 0 aliphatic rings. The summed E-state index contributed by atoms with van der Waals surface area (Å²) in [5, 5.41) is 4.71. The van der Waals surface area contributed by atoms with Gasteiger partial charge < -0.3 is 4.42 Å². The van der Waals surface area contributed by atoms with Crippen LogP contribution in [0.5, 0.6) is 0 Å². The van der Waals surface area contributed by atoms with Gasteiger partial charge in [-0.3, -0.25) is 0 Å². The smallest absolute Gasteiger partial charge is 0.165 e. The summed E-state index contributed by atoms with van der Waals surface area (Å²) in [6.45, 7) is 0. The normalized spacial score (nSPS) is 11.6. The fraction of sp³-hybridized carbons (Fsp3) is 0. The van der Waals surface area contributed by atoms with Crippen LogP contribution in [0.25, 0.3) is 98.5 Å². The van der Waals surface area contributed by atoms with Gasteiger partial charge in [0.05, 0.1) is 0 Å². The van der Waals surface area contributed by atoms with E-state index in [1.54, 1.807) is 0 Å². The third kappa shape index (κ3) is 4.79. The van der Waals surface area contributed by atoms with E-state index < -0.39 is 0 Å². The Morgan fingerprint density at radius 3 is 1.66 bits per heavy atom. The molecule has 0 spiro atoms. The van der Waals surface area contributed by atoms with Gasteiger partial charge in [-0.1, -0.05) is 127 Å². The van der Waals surface area contributed by atoms with Gasteiger partial charge in [0.1, 0.15) is 11.2 Å². The summed E-state index contributed by atoms with van der Waals surface area (Å²) >= 11 is 1.82. The molecule has 0 radical (unpaired) electrons. The second-order valence-corrected chi connectivity index (χ2v) is 13.5. The molecule has 0 N–H and O–H groups in total. The van der Waals surface area contributed by atoms with E-state index in [1.165, 1.54) is 20.2 Å². The number of thiophene rings is 1. The van der Waals surface area contributed by atoms with Crippen LogP contribution in [0.15, 0.2) is 168 Å². The number of nitrogens with zero attached hydrogens (tertiary/aromatic N) is 3. The largest absolute Gasteiger partial charge is 0.456 e. The summed E-state index contributed by atoms with van der Waals surface area (Å²) in [6.07, 6.45) is 0. The lowest BCUT2D eigenvalue weighted by molar-refractivity contribution is 0.669. The van der Waals surface area contributed by atoms with E-state index in [0.29, 0.717) is 17.5 Å². The van der Waals surface area contributed by atoms with E-state index in [1.807, 2.05) is 84.1 Å². The predicted octanol–water partition coefficient (Wildman–Crippen LogP) is 12.5. The lowest BCUT2D eigenvalue weighted by atomic mass is 9.90. The van der Waals surface area contributed by atoms with Crippen LogP contribution in [0, 0.1) is 0 Å². The molecule has 0 amide bonds. The molecule has 0 saturated carbocycles. The minimum absolute atomic E-state index is 0.614. The van der Waals surface area contributed by atoms with Crippen LogP contribution in [0.4, 0.5) is 0 Å². The number of fused-ring (bicyclic) bond motifs is 6. The first-order valence-corrected chi connectivity index (χ1v) is 17.4. The summed E-state index contributed by atoms with van der Waals surface area (Å²) in [6, 6.07) is 56.8. The monoisotopic (exact) mass is 657 g/mol. The second-order valence-electron chi connectivity index (χ2n) is 12.4. The zero-order chi connectivity index (χ0) is 33.0. The molecular formula is C45H27N3OS. The van der Waals surface area contributed by atoms with E-state index in [4.69, 9.17) is 19.4 Å². The Kier molecular flexibility index (Phi) is 6.64. The Hall–Kier alpha value is -6.43. The molecule has 10 aromatic rings. The van der Waals surface area contributed by atoms with Gasteiger partial charge in [-0.15, -0.1) is 11.3 Å². The molecule has 0 aliphatic heterocycles. The molecule has 4 nitrogen and oxygen atoms in total. The number of aromatic nitrogens is 3. The van der Waals surface area contributed by atoms with Gasteiger partial charge in [0, 0.05) is 47.6 Å². The Balaban J connectivity index is 1.27. The van der Waals surface area contributed by atoms with Crippen LogP contribution in [0.1, 0.15) is 0 Å². The van der Waals surface area contributed by atoms with Crippen LogP contribution in [-0.4, -0.2) is 15.0 Å². The van der Waals surface area contributed by atoms with Crippen molar-refractivity contribution in [1.82, 2.24) is 15.0 Å². The minimum Gasteiger partial charge on any atom is -0.456 e. The summed E-state index contributed by atoms with van der Waals surface area (Å²) < 4.78 is 8.92. The third-order valence-corrected chi connectivity index (χ3v) is 10.5.